The SMILES string of the molecule is CNC(=O)c1ccc(Nc2nccn3c(-c4ccc(OC(F)F)cc4)cnc23)cc1Br. The molecular weight excluding hydrogens is 472 g/mol. The van der Waals surface area contributed by atoms with Gasteiger partial charge in [0.25, 0.3) is 5.91 Å². The summed E-state index contributed by atoms with van der Waals surface area (Å²) in [6.07, 6.45) is 5.06. The van der Waals surface area contributed by atoms with E-state index < -0.39 is 6.61 Å². The van der Waals surface area contributed by atoms with E-state index in [-0.39, 0.29) is 11.7 Å². The normalized spacial score (nSPS) is 11.0. The summed E-state index contributed by atoms with van der Waals surface area (Å²) in [5.74, 6) is 0.412. The van der Waals surface area contributed by atoms with Gasteiger partial charge in [0.2, 0.25) is 0 Å². The monoisotopic (exact) mass is 487 g/mol. The number of ether oxygens (including phenoxy) is 1. The first kappa shape index (κ1) is 20.7. The third kappa shape index (κ3) is 4.33. The molecule has 2 aromatic carbocycles. The highest BCUT2D eigenvalue weighted by atomic mass is 79.9. The van der Waals surface area contributed by atoms with E-state index in [0.29, 0.717) is 21.5 Å². The fourth-order valence-corrected chi connectivity index (χ4v) is 3.64. The van der Waals surface area contributed by atoms with E-state index in [4.69, 9.17) is 0 Å². The molecule has 0 radical (unpaired) electrons. The lowest BCUT2D eigenvalue weighted by atomic mass is 10.1. The topological polar surface area (TPSA) is 80.6 Å². The molecule has 4 rings (SSSR count). The molecule has 2 heterocycles. The second kappa shape index (κ2) is 8.68. The molecule has 10 heteroatoms. The van der Waals surface area contributed by atoms with Crippen molar-refractivity contribution in [1.82, 2.24) is 19.7 Å². The van der Waals surface area contributed by atoms with Gasteiger partial charge in [0.15, 0.2) is 11.5 Å². The molecule has 0 fully saturated rings. The van der Waals surface area contributed by atoms with Crippen molar-refractivity contribution in [2.75, 3.05) is 12.4 Å². The number of rotatable bonds is 6. The van der Waals surface area contributed by atoms with E-state index in [1.54, 1.807) is 56.0 Å². The maximum absolute atomic E-state index is 12.4. The van der Waals surface area contributed by atoms with E-state index in [9.17, 15) is 13.6 Å². The van der Waals surface area contributed by atoms with Crippen molar-refractivity contribution in [3.63, 3.8) is 0 Å². The fraction of sp³-hybridized carbons (Fsp3) is 0.0952. The van der Waals surface area contributed by atoms with Gasteiger partial charge in [0.05, 0.1) is 17.5 Å². The van der Waals surface area contributed by atoms with E-state index in [1.165, 1.54) is 12.1 Å². The van der Waals surface area contributed by atoms with E-state index in [1.807, 2.05) is 4.40 Å². The molecule has 0 bridgehead atoms. The second-order valence-corrected chi connectivity index (χ2v) is 7.27. The minimum Gasteiger partial charge on any atom is -0.435 e. The molecule has 2 aromatic heterocycles. The summed E-state index contributed by atoms with van der Waals surface area (Å²) in [6.45, 7) is -2.87. The van der Waals surface area contributed by atoms with Crippen LogP contribution in [0.15, 0.2) is 65.5 Å². The van der Waals surface area contributed by atoms with Crippen LogP contribution < -0.4 is 15.4 Å². The molecule has 0 saturated heterocycles. The number of imidazole rings is 1. The van der Waals surface area contributed by atoms with Gasteiger partial charge in [-0.15, -0.1) is 0 Å². The van der Waals surface area contributed by atoms with Gasteiger partial charge in [-0.05, 0) is 58.4 Å². The van der Waals surface area contributed by atoms with Gasteiger partial charge in [-0.1, -0.05) is 0 Å². The number of amides is 1. The van der Waals surface area contributed by atoms with Gasteiger partial charge >= 0.3 is 6.61 Å². The van der Waals surface area contributed by atoms with Gasteiger partial charge in [0, 0.05) is 35.2 Å². The molecule has 0 aliphatic carbocycles. The van der Waals surface area contributed by atoms with Gasteiger partial charge in [-0.3, -0.25) is 9.20 Å². The first-order valence-corrected chi connectivity index (χ1v) is 9.91. The molecule has 0 aliphatic rings. The Labute approximate surface area is 184 Å². The van der Waals surface area contributed by atoms with Crippen molar-refractivity contribution >= 4 is 39.0 Å². The molecule has 0 unspecified atom stereocenters. The van der Waals surface area contributed by atoms with Crippen LogP contribution in [0.4, 0.5) is 20.3 Å². The number of fused-ring (bicyclic) bond motifs is 1. The number of nitrogens with one attached hydrogen (secondary N) is 2. The standard InChI is InChI=1S/C21H16BrF2N5O2/c1-25-20(30)15-7-4-13(10-16(15)22)28-18-19-27-11-17(29(19)9-8-26-18)12-2-5-14(6-3-12)31-21(23)24/h2-11,21H,1H3,(H,25,30)(H,26,28). The van der Waals surface area contributed by atoms with Crippen molar-refractivity contribution in [1.29, 1.82) is 0 Å². The number of benzene rings is 2. The Morgan fingerprint density at radius 2 is 1.94 bits per heavy atom. The first-order chi connectivity index (χ1) is 15.0. The minimum atomic E-state index is -2.87. The van der Waals surface area contributed by atoms with Gasteiger partial charge in [0.1, 0.15) is 5.75 Å². The van der Waals surface area contributed by atoms with Crippen LogP contribution in [-0.4, -0.2) is 33.9 Å². The predicted molar refractivity (Wildman–Crippen MR) is 116 cm³/mol. The zero-order valence-corrected chi connectivity index (χ0v) is 17.7. The molecule has 158 valence electrons. The highest BCUT2D eigenvalue weighted by Crippen LogP contribution is 2.28. The lowest BCUT2D eigenvalue weighted by Gasteiger charge is -2.10. The third-order valence-electron chi connectivity index (χ3n) is 4.51. The summed E-state index contributed by atoms with van der Waals surface area (Å²) in [5, 5.41) is 5.79. The molecule has 0 aliphatic heterocycles. The average Bonchev–Trinajstić information content (AvgIpc) is 3.19. The van der Waals surface area contributed by atoms with Crippen LogP contribution in [0.1, 0.15) is 10.4 Å². The zero-order valence-electron chi connectivity index (χ0n) is 16.1. The lowest BCUT2D eigenvalue weighted by molar-refractivity contribution is -0.0498. The summed E-state index contributed by atoms with van der Waals surface area (Å²) < 4.78 is 31.6. The molecule has 0 atom stereocenters. The molecule has 2 N–H and O–H groups in total. The van der Waals surface area contributed by atoms with Gasteiger partial charge in [-0.25, -0.2) is 9.97 Å². The van der Waals surface area contributed by atoms with Crippen molar-refractivity contribution < 1.29 is 18.3 Å². The molecule has 0 spiro atoms. The summed E-state index contributed by atoms with van der Waals surface area (Å²) in [4.78, 5) is 20.7. The first-order valence-electron chi connectivity index (χ1n) is 9.12. The van der Waals surface area contributed by atoms with Gasteiger partial charge < -0.3 is 15.4 Å². The summed E-state index contributed by atoms with van der Waals surface area (Å²) in [5.41, 5.74) is 3.36. The van der Waals surface area contributed by atoms with E-state index >= 15 is 0 Å². The Bertz CT molecular complexity index is 1240. The summed E-state index contributed by atoms with van der Waals surface area (Å²) in [7, 11) is 1.57. The third-order valence-corrected chi connectivity index (χ3v) is 5.16. The maximum atomic E-state index is 12.4. The minimum absolute atomic E-state index is 0.0855. The summed E-state index contributed by atoms with van der Waals surface area (Å²) >= 11 is 3.41. The number of halogens is 3. The molecular formula is C21H16BrF2N5O2. The van der Waals surface area contributed by atoms with E-state index in [2.05, 4.69) is 41.3 Å². The maximum Gasteiger partial charge on any atom is 0.387 e. The van der Waals surface area contributed by atoms with Crippen LogP contribution in [-0.2, 0) is 0 Å². The van der Waals surface area contributed by atoms with Crippen LogP contribution in [0.2, 0.25) is 0 Å². The van der Waals surface area contributed by atoms with Crippen LogP contribution >= 0.6 is 15.9 Å². The fourth-order valence-electron chi connectivity index (χ4n) is 3.08. The van der Waals surface area contributed by atoms with Crippen molar-refractivity contribution in [2.24, 2.45) is 0 Å². The summed E-state index contributed by atoms with van der Waals surface area (Å²) in [6, 6.07) is 11.6. The predicted octanol–water partition coefficient (Wildman–Crippen LogP) is 4.86. The highest BCUT2D eigenvalue weighted by molar-refractivity contribution is 9.10. The van der Waals surface area contributed by atoms with Crippen LogP contribution in [0.5, 0.6) is 5.75 Å². The molecule has 1 amide bonds. The van der Waals surface area contributed by atoms with Crippen molar-refractivity contribution in [2.45, 2.75) is 6.61 Å². The Hall–Kier alpha value is -3.53. The Balaban J connectivity index is 1.63. The Morgan fingerprint density at radius 3 is 2.61 bits per heavy atom. The number of hydrogen-bond donors (Lipinski definition) is 2. The average molecular weight is 488 g/mol. The molecule has 4 aromatic rings. The zero-order chi connectivity index (χ0) is 22.0. The van der Waals surface area contributed by atoms with Gasteiger partial charge in [-0.2, -0.15) is 8.78 Å². The number of aromatic nitrogens is 3. The highest BCUT2D eigenvalue weighted by Gasteiger charge is 2.13. The van der Waals surface area contributed by atoms with Crippen LogP contribution in [0, 0.1) is 0 Å². The van der Waals surface area contributed by atoms with Crippen molar-refractivity contribution in [3.05, 3.63) is 71.1 Å². The van der Waals surface area contributed by atoms with Crippen LogP contribution in [0.25, 0.3) is 16.9 Å². The number of hydrogen-bond acceptors (Lipinski definition) is 5. The number of anilines is 2. The molecule has 0 saturated carbocycles. The smallest absolute Gasteiger partial charge is 0.387 e. The van der Waals surface area contributed by atoms with Crippen molar-refractivity contribution in [3.8, 4) is 17.0 Å². The second-order valence-electron chi connectivity index (χ2n) is 6.41. The molecule has 31 heavy (non-hydrogen) atoms. The number of carbonyl (C=O) groups is 1. The lowest BCUT2D eigenvalue weighted by Crippen LogP contribution is -2.18. The Kier molecular flexibility index (Phi) is 5.81. The Morgan fingerprint density at radius 1 is 1.16 bits per heavy atom. The number of nitrogens with zero attached hydrogens (tertiary/aromatic N) is 3. The van der Waals surface area contributed by atoms with Crippen LogP contribution in [0.3, 0.4) is 0 Å². The molecule has 7 nitrogen and oxygen atoms in total. The van der Waals surface area contributed by atoms with E-state index in [0.717, 1.165) is 16.9 Å². The quantitative estimate of drug-likeness (QED) is 0.405. The largest absolute Gasteiger partial charge is 0.435 e. The number of alkyl halides is 2. The number of carbonyl (C=O) groups excluding carboxylic acids is 1.